The van der Waals surface area contributed by atoms with Gasteiger partial charge in [-0.15, -0.1) is 0 Å². The van der Waals surface area contributed by atoms with Gasteiger partial charge in [-0.1, -0.05) is 41.4 Å². The Bertz CT molecular complexity index is 873. The van der Waals surface area contributed by atoms with Crippen LogP contribution in [-0.2, 0) is 16.0 Å². The van der Waals surface area contributed by atoms with Gasteiger partial charge in [-0.3, -0.25) is 9.59 Å². The van der Waals surface area contributed by atoms with Gasteiger partial charge in [0, 0.05) is 34.3 Å². The van der Waals surface area contributed by atoms with Crippen LogP contribution in [0.1, 0.15) is 24.0 Å². The molecule has 1 saturated carbocycles. The molecule has 152 valence electrons. The van der Waals surface area contributed by atoms with Crippen LogP contribution in [0, 0.1) is 0 Å². The van der Waals surface area contributed by atoms with E-state index in [4.69, 9.17) is 27.9 Å². The summed E-state index contributed by atoms with van der Waals surface area (Å²) in [6, 6.07) is 13.0. The third-order valence-corrected chi connectivity index (χ3v) is 5.01. The van der Waals surface area contributed by atoms with Crippen molar-refractivity contribution in [3.63, 3.8) is 0 Å². The molecule has 0 saturated heterocycles. The van der Waals surface area contributed by atoms with Gasteiger partial charge in [0.2, 0.25) is 5.91 Å². The molecule has 0 aromatic heterocycles. The van der Waals surface area contributed by atoms with Gasteiger partial charge in [-0.05, 0) is 55.2 Å². The van der Waals surface area contributed by atoms with Gasteiger partial charge in [-0.25, -0.2) is 0 Å². The molecule has 0 atom stereocenters. The van der Waals surface area contributed by atoms with Crippen molar-refractivity contribution in [2.75, 3.05) is 13.2 Å². The number of carbonyl (C=O) groups is 2. The van der Waals surface area contributed by atoms with Crippen LogP contribution in [0.25, 0.3) is 6.08 Å². The number of amides is 2. The minimum atomic E-state index is -0.220. The Morgan fingerprint density at radius 2 is 1.76 bits per heavy atom. The fourth-order valence-corrected chi connectivity index (χ4v) is 3.14. The van der Waals surface area contributed by atoms with Crippen LogP contribution in [0.2, 0.25) is 10.0 Å². The maximum absolute atomic E-state index is 12.0. The number of hydrogen-bond acceptors (Lipinski definition) is 3. The molecule has 1 fully saturated rings. The first kappa shape index (κ1) is 21.2. The molecule has 3 rings (SSSR count). The number of carbonyl (C=O) groups excluding carboxylic acids is 2. The summed E-state index contributed by atoms with van der Waals surface area (Å²) in [4.78, 5) is 23.6. The fraction of sp³-hybridized carbons (Fsp3) is 0.273. The molecule has 0 unspecified atom stereocenters. The van der Waals surface area contributed by atoms with Gasteiger partial charge >= 0.3 is 0 Å². The van der Waals surface area contributed by atoms with E-state index in [-0.39, 0.29) is 18.4 Å². The molecule has 29 heavy (non-hydrogen) atoms. The van der Waals surface area contributed by atoms with Crippen LogP contribution < -0.4 is 15.4 Å². The number of rotatable bonds is 9. The van der Waals surface area contributed by atoms with Gasteiger partial charge in [0.25, 0.3) is 5.91 Å². The van der Waals surface area contributed by atoms with Gasteiger partial charge < -0.3 is 15.4 Å². The van der Waals surface area contributed by atoms with Crippen molar-refractivity contribution in [2.45, 2.75) is 25.3 Å². The van der Waals surface area contributed by atoms with Crippen molar-refractivity contribution >= 4 is 41.1 Å². The average molecular weight is 433 g/mol. The molecule has 0 bridgehead atoms. The summed E-state index contributed by atoms with van der Waals surface area (Å²) in [5.41, 5.74) is 1.67. The summed E-state index contributed by atoms with van der Waals surface area (Å²) in [6.45, 7) is 0.511. The lowest BCUT2D eigenvalue weighted by molar-refractivity contribution is -0.123. The molecule has 0 heterocycles. The summed E-state index contributed by atoms with van der Waals surface area (Å²) in [7, 11) is 0. The maximum atomic E-state index is 12.0. The summed E-state index contributed by atoms with van der Waals surface area (Å²) in [6.07, 6.45) is 5.80. The number of ether oxygens (including phenoxy) is 1. The zero-order valence-electron chi connectivity index (χ0n) is 15.8. The molecule has 1 aliphatic carbocycles. The molecule has 1 aliphatic rings. The van der Waals surface area contributed by atoms with Crippen LogP contribution in [0.15, 0.2) is 48.5 Å². The van der Waals surface area contributed by atoms with Gasteiger partial charge in [0.1, 0.15) is 5.75 Å². The van der Waals surface area contributed by atoms with Crippen LogP contribution in [0.5, 0.6) is 5.75 Å². The van der Waals surface area contributed by atoms with E-state index in [9.17, 15) is 9.59 Å². The molecule has 0 radical (unpaired) electrons. The number of hydrogen-bond donors (Lipinski definition) is 2. The van der Waals surface area contributed by atoms with Crippen LogP contribution in [0.4, 0.5) is 0 Å². The lowest BCUT2D eigenvalue weighted by Crippen LogP contribution is -2.30. The SMILES string of the molecule is O=C(/C=C/c1c(Cl)cccc1Cl)NCCc1ccc(OCC(=O)NC2CC2)cc1. The van der Waals surface area contributed by atoms with Gasteiger partial charge in [0.05, 0.1) is 0 Å². The first-order valence-electron chi connectivity index (χ1n) is 9.42. The fourth-order valence-electron chi connectivity index (χ4n) is 2.62. The Balaban J connectivity index is 1.39. The standard InChI is InChI=1S/C22H22Cl2N2O3/c23-19-2-1-3-20(24)18(19)10-11-21(27)25-13-12-15-4-8-17(9-5-15)29-14-22(28)26-16-6-7-16/h1-5,8-11,16H,6-7,12-14H2,(H,25,27)(H,26,28)/b11-10+. The van der Waals surface area contributed by atoms with Crippen molar-refractivity contribution in [3.05, 3.63) is 69.7 Å². The predicted molar refractivity (Wildman–Crippen MR) is 115 cm³/mol. The second-order valence-electron chi connectivity index (χ2n) is 6.78. The van der Waals surface area contributed by atoms with Crippen LogP contribution >= 0.6 is 23.2 Å². The maximum Gasteiger partial charge on any atom is 0.258 e. The predicted octanol–water partition coefficient (Wildman–Crippen LogP) is 4.02. The Labute approximate surface area is 180 Å². The average Bonchev–Trinajstić information content (AvgIpc) is 3.51. The second-order valence-corrected chi connectivity index (χ2v) is 7.60. The zero-order chi connectivity index (χ0) is 20.6. The monoisotopic (exact) mass is 432 g/mol. The zero-order valence-corrected chi connectivity index (χ0v) is 17.3. The Kier molecular flexibility index (Phi) is 7.55. The first-order chi connectivity index (χ1) is 14.0. The molecular weight excluding hydrogens is 411 g/mol. The molecule has 0 spiro atoms. The van der Waals surface area contributed by atoms with Gasteiger partial charge in [0.15, 0.2) is 6.61 Å². The molecular formula is C22H22Cl2N2O3. The molecule has 2 N–H and O–H groups in total. The van der Waals surface area contributed by atoms with Crippen molar-refractivity contribution in [1.29, 1.82) is 0 Å². The van der Waals surface area contributed by atoms with Crippen LogP contribution in [0.3, 0.4) is 0 Å². The largest absolute Gasteiger partial charge is 0.484 e. The lowest BCUT2D eigenvalue weighted by Gasteiger charge is -2.08. The van der Waals surface area contributed by atoms with E-state index in [1.54, 1.807) is 24.3 Å². The smallest absolute Gasteiger partial charge is 0.258 e. The first-order valence-corrected chi connectivity index (χ1v) is 10.2. The highest BCUT2D eigenvalue weighted by atomic mass is 35.5. The van der Waals surface area contributed by atoms with Crippen molar-refractivity contribution in [3.8, 4) is 5.75 Å². The number of benzene rings is 2. The summed E-state index contributed by atoms with van der Waals surface area (Å²) in [5.74, 6) is 0.330. The number of nitrogens with one attached hydrogen (secondary N) is 2. The highest BCUT2D eigenvalue weighted by Crippen LogP contribution is 2.25. The molecule has 5 nitrogen and oxygen atoms in total. The normalized spacial score (nSPS) is 13.3. The minimum absolute atomic E-state index is 0.0215. The topological polar surface area (TPSA) is 67.4 Å². The summed E-state index contributed by atoms with van der Waals surface area (Å²) >= 11 is 12.1. The highest BCUT2D eigenvalue weighted by molar-refractivity contribution is 6.37. The summed E-state index contributed by atoms with van der Waals surface area (Å²) in [5, 5.41) is 6.69. The van der Waals surface area contributed by atoms with E-state index in [2.05, 4.69) is 10.6 Å². The van der Waals surface area contributed by atoms with E-state index >= 15 is 0 Å². The quantitative estimate of drug-likeness (QED) is 0.587. The van der Waals surface area contributed by atoms with E-state index in [1.165, 1.54) is 6.08 Å². The molecule has 2 aromatic rings. The van der Waals surface area contributed by atoms with E-state index in [0.29, 0.717) is 40.4 Å². The molecule has 2 amide bonds. The van der Waals surface area contributed by atoms with Crippen molar-refractivity contribution in [2.24, 2.45) is 0 Å². The molecule has 7 heteroatoms. The van der Waals surface area contributed by atoms with E-state index in [0.717, 1.165) is 18.4 Å². The lowest BCUT2D eigenvalue weighted by atomic mass is 10.1. The second kappa shape index (κ2) is 10.3. The van der Waals surface area contributed by atoms with Gasteiger partial charge in [-0.2, -0.15) is 0 Å². The minimum Gasteiger partial charge on any atom is -0.484 e. The molecule has 2 aromatic carbocycles. The third kappa shape index (κ3) is 7.11. The van der Waals surface area contributed by atoms with Crippen molar-refractivity contribution in [1.82, 2.24) is 10.6 Å². The van der Waals surface area contributed by atoms with E-state index < -0.39 is 0 Å². The van der Waals surface area contributed by atoms with Crippen molar-refractivity contribution < 1.29 is 14.3 Å². The Morgan fingerprint density at radius 1 is 1.07 bits per heavy atom. The summed E-state index contributed by atoms with van der Waals surface area (Å²) < 4.78 is 5.47. The number of halogens is 2. The Hall–Kier alpha value is -2.50. The molecule has 0 aliphatic heterocycles. The highest BCUT2D eigenvalue weighted by Gasteiger charge is 2.23. The van der Waals surface area contributed by atoms with Crippen LogP contribution in [-0.4, -0.2) is 31.0 Å². The van der Waals surface area contributed by atoms with E-state index in [1.807, 2.05) is 24.3 Å². The third-order valence-electron chi connectivity index (χ3n) is 4.35. The Morgan fingerprint density at radius 3 is 2.41 bits per heavy atom.